The van der Waals surface area contributed by atoms with Crippen LogP contribution < -0.4 is 10.5 Å². The molecule has 3 N–H and O–H groups in total. The van der Waals surface area contributed by atoms with E-state index in [1.165, 1.54) is 0 Å². The van der Waals surface area contributed by atoms with E-state index in [4.69, 9.17) is 5.73 Å². The number of rotatable bonds is 3. The van der Waals surface area contributed by atoms with Gasteiger partial charge in [0.1, 0.15) is 0 Å². The van der Waals surface area contributed by atoms with Crippen LogP contribution in [0.4, 0.5) is 5.13 Å². The molecule has 2 heterocycles. The standard InChI is InChI=1S/C11H20N4O2S2/c1-7-6-15(3)5-4-9(7)14-19(16,17)10-8(2)13-11(12)18-10/h7,9,14H,4-6H2,1-3H3,(H2,12,13). The number of nitrogens with zero attached hydrogens (tertiary/aromatic N) is 2. The van der Waals surface area contributed by atoms with Gasteiger partial charge in [-0.1, -0.05) is 18.3 Å². The first-order valence-electron chi connectivity index (χ1n) is 6.23. The molecule has 1 aliphatic heterocycles. The van der Waals surface area contributed by atoms with Crippen molar-refractivity contribution in [3.05, 3.63) is 5.69 Å². The Labute approximate surface area is 118 Å². The van der Waals surface area contributed by atoms with Gasteiger partial charge >= 0.3 is 0 Å². The van der Waals surface area contributed by atoms with Gasteiger partial charge in [0.2, 0.25) is 0 Å². The Balaban J connectivity index is 2.16. The van der Waals surface area contributed by atoms with E-state index in [-0.39, 0.29) is 15.4 Å². The molecular weight excluding hydrogens is 284 g/mol. The minimum absolute atomic E-state index is 0.0241. The Morgan fingerprint density at radius 3 is 2.74 bits per heavy atom. The summed E-state index contributed by atoms with van der Waals surface area (Å²) in [4.78, 5) is 6.18. The normalized spacial score (nSPS) is 25.6. The van der Waals surface area contributed by atoms with Gasteiger partial charge in [0, 0.05) is 12.6 Å². The van der Waals surface area contributed by atoms with Crippen LogP contribution in [0, 0.1) is 12.8 Å². The van der Waals surface area contributed by atoms with Crippen molar-refractivity contribution in [2.75, 3.05) is 25.9 Å². The smallest absolute Gasteiger partial charge is 0.252 e. The van der Waals surface area contributed by atoms with E-state index >= 15 is 0 Å². The van der Waals surface area contributed by atoms with Gasteiger partial charge in [-0.25, -0.2) is 18.1 Å². The van der Waals surface area contributed by atoms with E-state index < -0.39 is 10.0 Å². The van der Waals surface area contributed by atoms with Crippen LogP contribution in [0.15, 0.2) is 4.21 Å². The maximum Gasteiger partial charge on any atom is 0.252 e. The van der Waals surface area contributed by atoms with Gasteiger partial charge in [-0.05, 0) is 32.9 Å². The summed E-state index contributed by atoms with van der Waals surface area (Å²) in [7, 11) is -1.46. The molecule has 6 nitrogen and oxygen atoms in total. The number of hydrogen-bond acceptors (Lipinski definition) is 6. The molecule has 0 amide bonds. The van der Waals surface area contributed by atoms with E-state index in [1.54, 1.807) is 6.92 Å². The summed E-state index contributed by atoms with van der Waals surface area (Å²) in [5.74, 6) is 0.291. The van der Waals surface area contributed by atoms with Gasteiger partial charge in [-0.3, -0.25) is 0 Å². The zero-order chi connectivity index (χ0) is 14.2. The molecule has 2 unspecified atom stereocenters. The second kappa shape index (κ2) is 5.35. The molecule has 19 heavy (non-hydrogen) atoms. The topological polar surface area (TPSA) is 88.3 Å². The lowest BCUT2D eigenvalue weighted by Gasteiger charge is -2.34. The average Bonchev–Trinajstić information content (AvgIpc) is 2.63. The van der Waals surface area contributed by atoms with Crippen LogP contribution in [0.2, 0.25) is 0 Å². The first kappa shape index (κ1) is 14.7. The highest BCUT2D eigenvalue weighted by atomic mass is 32.2. The first-order chi connectivity index (χ1) is 8.79. The summed E-state index contributed by atoms with van der Waals surface area (Å²) in [5, 5.41) is 0.286. The summed E-state index contributed by atoms with van der Waals surface area (Å²) in [6, 6.07) is -0.0241. The van der Waals surface area contributed by atoms with Crippen molar-refractivity contribution in [3.8, 4) is 0 Å². The molecule has 2 rings (SSSR count). The highest BCUT2D eigenvalue weighted by molar-refractivity contribution is 7.91. The van der Waals surface area contributed by atoms with E-state index in [0.29, 0.717) is 11.6 Å². The first-order valence-corrected chi connectivity index (χ1v) is 8.53. The number of nitrogens with two attached hydrogens (primary N) is 1. The molecule has 0 bridgehead atoms. The predicted octanol–water partition coefficient (Wildman–Crippen LogP) is 0.652. The lowest BCUT2D eigenvalue weighted by Crippen LogP contribution is -2.48. The van der Waals surface area contributed by atoms with Crippen LogP contribution in [0.3, 0.4) is 0 Å². The summed E-state index contributed by atoms with van der Waals surface area (Å²) < 4.78 is 27.7. The number of piperidine rings is 1. The molecule has 1 saturated heterocycles. The molecule has 8 heteroatoms. The quantitative estimate of drug-likeness (QED) is 0.856. The van der Waals surface area contributed by atoms with Crippen LogP contribution in [0.1, 0.15) is 19.0 Å². The molecule has 1 aromatic rings. The van der Waals surface area contributed by atoms with Crippen molar-refractivity contribution in [2.24, 2.45) is 5.92 Å². The number of nitrogens with one attached hydrogen (secondary N) is 1. The number of hydrogen-bond donors (Lipinski definition) is 2. The van der Waals surface area contributed by atoms with Gasteiger partial charge < -0.3 is 10.6 Å². The Hall–Kier alpha value is -0.700. The number of aryl methyl sites for hydroxylation is 1. The summed E-state index contributed by atoms with van der Waals surface area (Å²) >= 11 is 1.02. The van der Waals surface area contributed by atoms with Crippen LogP contribution in [-0.2, 0) is 10.0 Å². The minimum atomic E-state index is -3.51. The highest BCUT2D eigenvalue weighted by Crippen LogP contribution is 2.26. The van der Waals surface area contributed by atoms with E-state index in [1.807, 2.05) is 0 Å². The molecule has 1 aromatic heterocycles. The van der Waals surface area contributed by atoms with Crippen LogP contribution in [0.25, 0.3) is 0 Å². The molecule has 0 aliphatic carbocycles. The molecule has 2 atom stereocenters. The number of sulfonamides is 1. The van der Waals surface area contributed by atoms with Crippen LogP contribution in [0.5, 0.6) is 0 Å². The fourth-order valence-electron chi connectivity index (χ4n) is 2.43. The fraction of sp³-hybridized carbons (Fsp3) is 0.727. The van der Waals surface area contributed by atoms with Crippen molar-refractivity contribution in [1.82, 2.24) is 14.6 Å². The summed E-state index contributed by atoms with van der Waals surface area (Å²) in [5.41, 5.74) is 6.03. The zero-order valence-corrected chi connectivity index (χ0v) is 13.0. The van der Waals surface area contributed by atoms with Gasteiger partial charge in [-0.2, -0.15) is 0 Å². The second-order valence-electron chi connectivity index (χ2n) is 5.18. The van der Waals surface area contributed by atoms with E-state index in [2.05, 4.69) is 28.6 Å². The lowest BCUT2D eigenvalue weighted by atomic mass is 9.95. The van der Waals surface area contributed by atoms with E-state index in [0.717, 1.165) is 30.8 Å². The van der Waals surface area contributed by atoms with Crippen LogP contribution in [-0.4, -0.2) is 44.5 Å². The Morgan fingerprint density at radius 2 is 2.21 bits per heavy atom. The molecule has 0 saturated carbocycles. The van der Waals surface area contributed by atoms with E-state index in [9.17, 15) is 8.42 Å². The number of nitrogen functional groups attached to an aromatic ring is 1. The van der Waals surface area contributed by atoms with Crippen LogP contribution >= 0.6 is 11.3 Å². The third-order valence-electron chi connectivity index (χ3n) is 3.43. The highest BCUT2D eigenvalue weighted by Gasteiger charge is 2.30. The molecule has 0 spiro atoms. The van der Waals surface area contributed by atoms with Gasteiger partial charge in [0.25, 0.3) is 10.0 Å². The zero-order valence-electron chi connectivity index (χ0n) is 11.4. The fourth-order valence-corrected chi connectivity index (χ4v) is 5.13. The Morgan fingerprint density at radius 1 is 1.53 bits per heavy atom. The minimum Gasteiger partial charge on any atom is -0.375 e. The molecular formula is C11H20N4O2S2. The monoisotopic (exact) mass is 304 g/mol. The van der Waals surface area contributed by atoms with Crippen molar-refractivity contribution >= 4 is 26.5 Å². The molecule has 0 aromatic carbocycles. The van der Waals surface area contributed by atoms with Crippen molar-refractivity contribution < 1.29 is 8.42 Å². The lowest BCUT2D eigenvalue weighted by molar-refractivity contribution is 0.188. The number of likely N-dealkylation sites (tertiary alicyclic amines) is 1. The second-order valence-corrected chi connectivity index (χ2v) is 8.12. The summed E-state index contributed by atoms with van der Waals surface area (Å²) in [6.07, 6.45) is 0.824. The van der Waals surface area contributed by atoms with Crippen molar-refractivity contribution in [3.63, 3.8) is 0 Å². The maximum absolute atomic E-state index is 12.4. The number of thiazole rings is 1. The largest absolute Gasteiger partial charge is 0.375 e. The maximum atomic E-state index is 12.4. The third-order valence-corrected chi connectivity index (χ3v) is 6.52. The van der Waals surface area contributed by atoms with Crippen molar-refractivity contribution in [1.29, 1.82) is 0 Å². The number of anilines is 1. The molecule has 108 valence electrons. The Kier molecular flexibility index (Phi) is 4.14. The summed E-state index contributed by atoms with van der Waals surface area (Å²) in [6.45, 7) is 5.54. The van der Waals surface area contributed by atoms with Crippen molar-refractivity contribution in [2.45, 2.75) is 30.5 Å². The average molecular weight is 304 g/mol. The molecule has 0 radical (unpaired) electrons. The molecule has 1 aliphatic rings. The van der Waals surface area contributed by atoms with Gasteiger partial charge in [0.15, 0.2) is 9.34 Å². The SMILES string of the molecule is Cc1nc(N)sc1S(=O)(=O)NC1CCN(C)CC1C. The third kappa shape index (κ3) is 3.25. The Bertz CT molecular complexity index is 555. The predicted molar refractivity (Wildman–Crippen MR) is 76.7 cm³/mol. The molecule has 1 fully saturated rings. The van der Waals surface area contributed by atoms with Gasteiger partial charge in [0.05, 0.1) is 5.69 Å². The van der Waals surface area contributed by atoms with Gasteiger partial charge in [-0.15, -0.1) is 0 Å². The number of aromatic nitrogens is 1.